The molecular weight excluding hydrogens is 245 g/mol. The van der Waals surface area contributed by atoms with Gasteiger partial charge in [0.1, 0.15) is 5.82 Å². The van der Waals surface area contributed by atoms with Crippen molar-refractivity contribution in [1.82, 2.24) is 5.32 Å². The van der Waals surface area contributed by atoms with E-state index < -0.39 is 11.7 Å². The first-order valence-corrected chi connectivity index (χ1v) is 5.74. The van der Waals surface area contributed by atoms with E-state index in [4.69, 9.17) is 11.5 Å². The van der Waals surface area contributed by atoms with E-state index in [0.717, 1.165) is 17.7 Å². The predicted octanol–water partition coefficient (Wildman–Crippen LogP) is 1.92. The lowest BCUT2D eigenvalue weighted by atomic mass is 10.1. The third-order valence-electron chi connectivity index (χ3n) is 2.72. The second kappa shape index (κ2) is 5.39. The van der Waals surface area contributed by atoms with E-state index in [1.165, 1.54) is 0 Å². The quantitative estimate of drug-likeness (QED) is 0.736. The topological polar surface area (TPSA) is 81.1 Å². The minimum atomic E-state index is -0.587. The summed E-state index contributed by atoms with van der Waals surface area (Å²) in [4.78, 5) is 11.9. The summed E-state index contributed by atoms with van der Waals surface area (Å²) in [6.07, 6.45) is 0. The van der Waals surface area contributed by atoms with Gasteiger partial charge in [0, 0.05) is 6.54 Å². The standard InChI is InChI=1S/C14H14FN3O/c15-10-6-11(13(17)12(16)7-10)14(19)18-8-9-4-2-1-3-5-9/h1-7H,8,16-17H2,(H,18,19). The first-order valence-electron chi connectivity index (χ1n) is 5.74. The van der Waals surface area contributed by atoms with E-state index in [2.05, 4.69) is 5.32 Å². The van der Waals surface area contributed by atoms with E-state index in [1.54, 1.807) is 0 Å². The number of hydrogen-bond donors (Lipinski definition) is 3. The molecule has 1 amide bonds. The summed E-state index contributed by atoms with van der Waals surface area (Å²) in [6.45, 7) is 0.343. The molecule has 0 aromatic heterocycles. The Bertz CT molecular complexity index is 599. The van der Waals surface area contributed by atoms with Crippen LogP contribution >= 0.6 is 0 Å². The van der Waals surface area contributed by atoms with Gasteiger partial charge < -0.3 is 16.8 Å². The summed E-state index contributed by atoms with van der Waals surface area (Å²) < 4.78 is 13.2. The molecule has 5 N–H and O–H groups in total. The van der Waals surface area contributed by atoms with Crippen LogP contribution < -0.4 is 16.8 Å². The second-order valence-electron chi connectivity index (χ2n) is 4.12. The zero-order valence-corrected chi connectivity index (χ0v) is 10.2. The van der Waals surface area contributed by atoms with Gasteiger partial charge in [-0.25, -0.2) is 4.39 Å². The number of nitrogens with one attached hydrogen (secondary N) is 1. The van der Waals surface area contributed by atoms with Gasteiger partial charge in [0.2, 0.25) is 0 Å². The van der Waals surface area contributed by atoms with Crippen LogP contribution in [-0.4, -0.2) is 5.91 Å². The number of halogens is 1. The van der Waals surface area contributed by atoms with Crippen LogP contribution in [0.3, 0.4) is 0 Å². The third-order valence-corrected chi connectivity index (χ3v) is 2.72. The van der Waals surface area contributed by atoms with Crippen molar-refractivity contribution >= 4 is 17.3 Å². The Labute approximate surface area is 110 Å². The average Bonchev–Trinajstić information content (AvgIpc) is 2.41. The molecule has 2 aromatic carbocycles. The molecule has 0 atom stereocenters. The zero-order chi connectivity index (χ0) is 13.8. The highest BCUT2D eigenvalue weighted by Crippen LogP contribution is 2.21. The summed E-state index contributed by atoms with van der Waals surface area (Å²) >= 11 is 0. The molecule has 2 rings (SSSR count). The zero-order valence-electron chi connectivity index (χ0n) is 10.2. The van der Waals surface area contributed by atoms with Crippen molar-refractivity contribution in [3.05, 3.63) is 59.4 Å². The molecule has 0 saturated heterocycles. The van der Waals surface area contributed by atoms with Crippen LogP contribution in [-0.2, 0) is 6.54 Å². The maximum atomic E-state index is 13.2. The average molecular weight is 259 g/mol. The van der Waals surface area contributed by atoms with Crippen LogP contribution in [0.25, 0.3) is 0 Å². The molecule has 0 bridgehead atoms. The second-order valence-corrected chi connectivity index (χ2v) is 4.12. The summed E-state index contributed by atoms with van der Waals surface area (Å²) in [5, 5.41) is 2.67. The number of rotatable bonds is 3. The highest BCUT2D eigenvalue weighted by atomic mass is 19.1. The molecule has 4 nitrogen and oxygen atoms in total. The number of anilines is 2. The normalized spacial score (nSPS) is 10.2. The van der Waals surface area contributed by atoms with Gasteiger partial charge in [-0.1, -0.05) is 30.3 Å². The lowest BCUT2D eigenvalue weighted by molar-refractivity contribution is 0.0951. The van der Waals surface area contributed by atoms with E-state index in [-0.39, 0.29) is 16.9 Å². The van der Waals surface area contributed by atoms with Crippen LogP contribution in [0.5, 0.6) is 0 Å². The molecule has 0 aliphatic carbocycles. The largest absolute Gasteiger partial charge is 0.397 e. The molecule has 5 heteroatoms. The smallest absolute Gasteiger partial charge is 0.253 e. The maximum Gasteiger partial charge on any atom is 0.253 e. The molecule has 0 spiro atoms. The van der Waals surface area contributed by atoms with Gasteiger partial charge in [0.15, 0.2) is 0 Å². The molecule has 2 aromatic rings. The lowest BCUT2D eigenvalue weighted by Crippen LogP contribution is -2.24. The number of hydrogen-bond acceptors (Lipinski definition) is 3. The van der Waals surface area contributed by atoms with Gasteiger partial charge in [-0.2, -0.15) is 0 Å². The van der Waals surface area contributed by atoms with Crippen molar-refractivity contribution < 1.29 is 9.18 Å². The molecule has 19 heavy (non-hydrogen) atoms. The van der Waals surface area contributed by atoms with Crippen LogP contribution in [0.15, 0.2) is 42.5 Å². The van der Waals surface area contributed by atoms with E-state index >= 15 is 0 Å². The molecule has 0 aliphatic rings. The van der Waals surface area contributed by atoms with Crippen molar-refractivity contribution in [2.24, 2.45) is 0 Å². The van der Waals surface area contributed by atoms with Gasteiger partial charge >= 0.3 is 0 Å². The van der Waals surface area contributed by atoms with Gasteiger partial charge in [0.25, 0.3) is 5.91 Å². The fraction of sp³-hybridized carbons (Fsp3) is 0.0714. The summed E-state index contributed by atoms with van der Waals surface area (Å²) in [7, 11) is 0. The molecule has 0 heterocycles. The molecule has 0 radical (unpaired) electrons. The Balaban J connectivity index is 2.13. The third kappa shape index (κ3) is 3.01. The van der Waals surface area contributed by atoms with Crippen LogP contribution in [0.4, 0.5) is 15.8 Å². The molecule has 98 valence electrons. The van der Waals surface area contributed by atoms with Crippen molar-refractivity contribution in [2.45, 2.75) is 6.54 Å². The fourth-order valence-electron chi connectivity index (χ4n) is 1.70. The summed E-state index contributed by atoms with van der Waals surface area (Å²) in [5.41, 5.74) is 12.3. The van der Waals surface area contributed by atoms with E-state index in [0.29, 0.717) is 6.54 Å². The lowest BCUT2D eigenvalue weighted by Gasteiger charge is -2.09. The van der Waals surface area contributed by atoms with Crippen molar-refractivity contribution in [2.75, 3.05) is 11.5 Å². The Morgan fingerprint density at radius 2 is 1.84 bits per heavy atom. The number of nitrogen functional groups attached to an aromatic ring is 2. The number of amides is 1. The van der Waals surface area contributed by atoms with E-state index in [1.807, 2.05) is 30.3 Å². The number of benzene rings is 2. The minimum Gasteiger partial charge on any atom is -0.397 e. The summed E-state index contributed by atoms with van der Waals surface area (Å²) in [6, 6.07) is 11.5. The Morgan fingerprint density at radius 1 is 1.16 bits per heavy atom. The van der Waals surface area contributed by atoms with Crippen LogP contribution in [0.2, 0.25) is 0 Å². The first-order chi connectivity index (χ1) is 9.08. The number of carbonyl (C=O) groups is 1. The Hall–Kier alpha value is -2.56. The summed E-state index contributed by atoms with van der Waals surface area (Å²) in [5.74, 6) is -1.04. The van der Waals surface area contributed by atoms with Gasteiger partial charge in [-0.15, -0.1) is 0 Å². The minimum absolute atomic E-state index is 0.0495. The predicted molar refractivity (Wildman–Crippen MR) is 72.8 cm³/mol. The highest BCUT2D eigenvalue weighted by molar-refractivity contribution is 6.01. The van der Waals surface area contributed by atoms with Crippen molar-refractivity contribution in [3.63, 3.8) is 0 Å². The van der Waals surface area contributed by atoms with Gasteiger partial charge in [-0.3, -0.25) is 4.79 Å². The van der Waals surface area contributed by atoms with Crippen molar-refractivity contribution in [1.29, 1.82) is 0 Å². The molecule has 0 aliphatic heterocycles. The Kier molecular flexibility index (Phi) is 3.66. The van der Waals surface area contributed by atoms with Gasteiger partial charge in [-0.05, 0) is 17.7 Å². The van der Waals surface area contributed by atoms with E-state index in [9.17, 15) is 9.18 Å². The number of carbonyl (C=O) groups excluding carboxylic acids is 1. The molecule has 0 unspecified atom stereocenters. The molecule has 0 saturated carbocycles. The van der Waals surface area contributed by atoms with Gasteiger partial charge in [0.05, 0.1) is 16.9 Å². The SMILES string of the molecule is Nc1cc(F)cc(C(=O)NCc2ccccc2)c1N. The fourth-order valence-corrected chi connectivity index (χ4v) is 1.70. The highest BCUT2D eigenvalue weighted by Gasteiger charge is 2.13. The monoisotopic (exact) mass is 259 g/mol. The van der Waals surface area contributed by atoms with Crippen LogP contribution in [0.1, 0.15) is 15.9 Å². The number of nitrogens with two attached hydrogens (primary N) is 2. The first kappa shape index (κ1) is 12.9. The molecule has 0 fully saturated rings. The van der Waals surface area contributed by atoms with Crippen LogP contribution in [0, 0.1) is 5.82 Å². The molecular formula is C14H14FN3O. The Morgan fingerprint density at radius 3 is 2.53 bits per heavy atom. The van der Waals surface area contributed by atoms with Crippen molar-refractivity contribution in [3.8, 4) is 0 Å². The maximum absolute atomic E-state index is 13.2.